The van der Waals surface area contributed by atoms with Gasteiger partial charge < -0.3 is 5.11 Å². The maximum Gasteiger partial charge on any atom is 0.242 e. The maximum absolute atomic E-state index is 12.3. The Bertz CT molecular complexity index is 604. The van der Waals surface area contributed by atoms with Gasteiger partial charge in [-0.15, -0.1) is 0 Å². The van der Waals surface area contributed by atoms with Crippen molar-refractivity contribution in [3.05, 3.63) is 27.7 Å². The van der Waals surface area contributed by atoms with Crippen molar-refractivity contribution in [2.24, 2.45) is 0 Å². The van der Waals surface area contributed by atoms with Crippen molar-refractivity contribution in [1.29, 1.82) is 0 Å². The Morgan fingerprint density at radius 2 is 1.95 bits per heavy atom. The summed E-state index contributed by atoms with van der Waals surface area (Å²) >= 11 is 13.4. The summed E-state index contributed by atoms with van der Waals surface area (Å²) in [6.07, 6.45) is 2.42. The third-order valence-electron chi connectivity index (χ3n) is 2.99. The van der Waals surface area contributed by atoms with Crippen molar-refractivity contribution in [1.82, 2.24) is 4.72 Å². The average Bonchev–Trinajstić information content (AvgIpc) is 2.38. The normalized spacial score (nSPS) is 15.0. The van der Waals surface area contributed by atoms with Crippen LogP contribution in [0.2, 0.25) is 10.0 Å². The summed E-state index contributed by atoms with van der Waals surface area (Å²) in [4.78, 5) is -0.0354. The van der Waals surface area contributed by atoms with Crippen LogP contribution in [-0.4, -0.2) is 37.7 Å². The molecule has 0 saturated carbocycles. The fourth-order valence-corrected chi connectivity index (χ4v) is 4.21. The van der Waals surface area contributed by atoms with Crippen LogP contribution in [0.4, 0.5) is 0 Å². The highest BCUT2D eigenvalue weighted by molar-refractivity contribution is 7.98. The van der Waals surface area contributed by atoms with Crippen LogP contribution >= 0.6 is 35.0 Å². The van der Waals surface area contributed by atoms with Crippen molar-refractivity contribution in [3.63, 3.8) is 0 Å². The summed E-state index contributed by atoms with van der Waals surface area (Å²) < 4.78 is 27.0. The zero-order chi connectivity index (χ0) is 16.3. The number of hydrogen-bond donors (Lipinski definition) is 2. The Morgan fingerprint density at radius 3 is 2.52 bits per heavy atom. The summed E-state index contributed by atoms with van der Waals surface area (Å²) in [5.41, 5.74) is -0.486. The molecule has 0 saturated heterocycles. The molecule has 0 bridgehead atoms. The molecular weight excluding hydrogens is 353 g/mol. The van der Waals surface area contributed by atoms with Crippen LogP contribution in [0.15, 0.2) is 17.0 Å². The second kappa shape index (κ2) is 7.53. The Labute approximate surface area is 140 Å². The zero-order valence-electron chi connectivity index (χ0n) is 12.1. The van der Waals surface area contributed by atoms with Gasteiger partial charge >= 0.3 is 0 Å². The number of rotatable bonds is 7. The van der Waals surface area contributed by atoms with E-state index in [0.29, 0.717) is 17.0 Å². The molecule has 120 valence electrons. The quantitative estimate of drug-likeness (QED) is 0.772. The zero-order valence-corrected chi connectivity index (χ0v) is 15.3. The summed E-state index contributed by atoms with van der Waals surface area (Å²) in [6.45, 7) is 3.22. The van der Waals surface area contributed by atoms with Gasteiger partial charge in [0.05, 0.1) is 10.6 Å². The molecule has 0 heterocycles. The van der Waals surface area contributed by atoms with Gasteiger partial charge in [0.15, 0.2) is 0 Å². The van der Waals surface area contributed by atoms with E-state index >= 15 is 0 Å². The van der Waals surface area contributed by atoms with E-state index in [1.807, 2.05) is 6.26 Å². The van der Waals surface area contributed by atoms with Crippen LogP contribution in [0.3, 0.4) is 0 Å². The molecule has 0 aliphatic carbocycles. The van der Waals surface area contributed by atoms with E-state index in [0.717, 1.165) is 5.75 Å². The van der Waals surface area contributed by atoms with E-state index in [4.69, 9.17) is 23.2 Å². The highest BCUT2D eigenvalue weighted by atomic mass is 35.5. The van der Waals surface area contributed by atoms with E-state index in [1.54, 1.807) is 25.6 Å². The molecule has 0 aliphatic heterocycles. The number of aryl methyl sites for hydroxylation is 1. The minimum atomic E-state index is -3.80. The lowest BCUT2D eigenvalue weighted by Gasteiger charge is -2.23. The first kappa shape index (κ1) is 19.1. The molecule has 1 unspecified atom stereocenters. The van der Waals surface area contributed by atoms with Gasteiger partial charge in [0, 0.05) is 11.6 Å². The fraction of sp³-hybridized carbons (Fsp3) is 0.538. The van der Waals surface area contributed by atoms with Gasteiger partial charge in [-0.2, -0.15) is 11.8 Å². The van der Waals surface area contributed by atoms with Gasteiger partial charge in [-0.3, -0.25) is 0 Å². The summed E-state index contributed by atoms with van der Waals surface area (Å²) in [5, 5.41) is 10.6. The monoisotopic (exact) mass is 371 g/mol. The van der Waals surface area contributed by atoms with Crippen molar-refractivity contribution in [2.75, 3.05) is 18.6 Å². The first-order valence-corrected chi connectivity index (χ1v) is 9.89. The van der Waals surface area contributed by atoms with Crippen LogP contribution < -0.4 is 4.72 Å². The van der Waals surface area contributed by atoms with Gasteiger partial charge in [-0.25, -0.2) is 13.1 Å². The first-order chi connectivity index (χ1) is 9.59. The number of aliphatic hydroxyl groups is 1. The minimum absolute atomic E-state index is 0.0354. The highest BCUT2D eigenvalue weighted by Crippen LogP contribution is 2.28. The van der Waals surface area contributed by atoms with Gasteiger partial charge in [0.1, 0.15) is 4.90 Å². The largest absolute Gasteiger partial charge is 0.389 e. The molecule has 0 radical (unpaired) electrons. The highest BCUT2D eigenvalue weighted by Gasteiger charge is 2.25. The predicted octanol–water partition coefficient (Wildman–Crippen LogP) is 3.08. The molecule has 1 aromatic carbocycles. The Balaban J connectivity index is 2.90. The van der Waals surface area contributed by atoms with Crippen LogP contribution in [-0.2, 0) is 10.0 Å². The van der Waals surface area contributed by atoms with E-state index in [9.17, 15) is 13.5 Å². The second-order valence-corrected chi connectivity index (χ2v) is 8.63. The standard InChI is InChI=1S/C13H19Cl2NO3S2/c1-9-6-12(11(15)7-10(9)14)21(18,19)16-8-13(2,17)4-5-20-3/h6-7,16-17H,4-5,8H2,1-3H3. The van der Waals surface area contributed by atoms with E-state index in [2.05, 4.69) is 4.72 Å². The average molecular weight is 372 g/mol. The van der Waals surface area contributed by atoms with E-state index in [1.165, 1.54) is 12.1 Å². The number of benzene rings is 1. The lowest BCUT2D eigenvalue weighted by atomic mass is 10.1. The van der Waals surface area contributed by atoms with E-state index in [-0.39, 0.29) is 16.5 Å². The summed E-state index contributed by atoms with van der Waals surface area (Å²) in [5.74, 6) is 0.746. The Hall–Kier alpha value is 0.0200. The molecule has 1 atom stereocenters. The lowest BCUT2D eigenvalue weighted by molar-refractivity contribution is 0.0626. The molecule has 21 heavy (non-hydrogen) atoms. The number of nitrogens with one attached hydrogen (secondary N) is 1. The van der Waals surface area contributed by atoms with Gasteiger partial charge in [-0.05, 0) is 50.0 Å². The fourth-order valence-electron chi connectivity index (χ4n) is 1.58. The molecule has 0 aromatic heterocycles. The van der Waals surface area contributed by atoms with Gasteiger partial charge in [-0.1, -0.05) is 23.2 Å². The van der Waals surface area contributed by atoms with Gasteiger partial charge in [0.25, 0.3) is 0 Å². The second-order valence-electron chi connectivity index (χ2n) is 5.10. The Kier molecular flexibility index (Phi) is 6.83. The number of thioether (sulfide) groups is 1. The summed E-state index contributed by atoms with van der Waals surface area (Å²) in [6, 6.07) is 2.82. The molecular formula is C13H19Cl2NO3S2. The summed E-state index contributed by atoms with van der Waals surface area (Å²) in [7, 11) is -3.80. The minimum Gasteiger partial charge on any atom is -0.389 e. The van der Waals surface area contributed by atoms with E-state index < -0.39 is 15.6 Å². The topological polar surface area (TPSA) is 66.4 Å². The molecule has 0 fully saturated rings. The van der Waals surface area contributed by atoms with Crippen LogP contribution in [0.5, 0.6) is 0 Å². The van der Waals surface area contributed by atoms with Crippen molar-refractivity contribution in [2.45, 2.75) is 30.8 Å². The van der Waals surface area contributed by atoms with Crippen molar-refractivity contribution < 1.29 is 13.5 Å². The van der Waals surface area contributed by atoms with Crippen LogP contribution in [0, 0.1) is 6.92 Å². The molecule has 1 rings (SSSR count). The third kappa shape index (κ3) is 5.62. The predicted molar refractivity (Wildman–Crippen MR) is 90.0 cm³/mol. The maximum atomic E-state index is 12.3. The van der Waals surface area contributed by atoms with Crippen LogP contribution in [0.25, 0.3) is 0 Å². The van der Waals surface area contributed by atoms with Crippen molar-refractivity contribution in [3.8, 4) is 0 Å². The number of sulfonamides is 1. The smallest absolute Gasteiger partial charge is 0.242 e. The molecule has 1 aromatic rings. The molecule has 2 N–H and O–H groups in total. The molecule has 4 nitrogen and oxygen atoms in total. The molecule has 8 heteroatoms. The molecule has 0 amide bonds. The number of halogens is 2. The molecule has 0 aliphatic rings. The number of hydrogen-bond acceptors (Lipinski definition) is 4. The SMILES string of the molecule is CSCCC(C)(O)CNS(=O)(=O)c1cc(C)c(Cl)cc1Cl. The first-order valence-electron chi connectivity index (χ1n) is 6.26. The van der Waals surface area contributed by atoms with Crippen molar-refractivity contribution >= 4 is 45.0 Å². The van der Waals surface area contributed by atoms with Crippen LogP contribution in [0.1, 0.15) is 18.9 Å². The lowest BCUT2D eigenvalue weighted by Crippen LogP contribution is -2.41. The van der Waals surface area contributed by atoms with Gasteiger partial charge in [0.2, 0.25) is 10.0 Å². The molecule has 0 spiro atoms. The Morgan fingerprint density at radius 1 is 1.33 bits per heavy atom. The third-order valence-corrected chi connectivity index (χ3v) is 5.88.